The molecule has 0 spiro atoms. The number of anilines is 1. The third-order valence-electron chi connectivity index (χ3n) is 3.86. The Bertz CT molecular complexity index is 418. The van der Waals surface area contributed by atoms with Crippen molar-refractivity contribution in [2.75, 3.05) is 18.0 Å². The minimum atomic E-state index is 0.506. The Hall–Kier alpha value is -1.03. The van der Waals surface area contributed by atoms with E-state index in [0.717, 1.165) is 24.7 Å². The lowest BCUT2D eigenvalue weighted by Crippen LogP contribution is -2.30. The van der Waals surface area contributed by atoms with Gasteiger partial charge in [-0.05, 0) is 32.6 Å². The molecule has 0 atom stereocenters. The van der Waals surface area contributed by atoms with Crippen molar-refractivity contribution in [1.29, 1.82) is 0 Å². The average Bonchev–Trinajstić information content (AvgIpc) is 3.10. The fraction of sp³-hybridized carbons (Fsp3) is 0.800. The Kier molecular flexibility index (Phi) is 4.50. The van der Waals surface area contributed by atoms with Gasteiger partial charge in [-0.1, -0.05) is 13.8 Å². The van der Waals surface area contributed by atoms with Gasteiger partial charge < -0.3 is 10.2 Å². The van der Waals surface area contributed by atoms with E-state index in [1.165, 1.54) is 30.8 Å². The van der Waals surface area contributed by atoms with Gasteiger partial charge in [-0.3, -0.25) is 4.68 Å². The van der Waals surface area contributed by atoms with Crippen LogP contribution < -0.4 is 10.2 Å². The van der Waals surface area contributed by atoms with E-state index in [2.05, 4.69) is 54.7 Å². The van der Waals surface area contributed by atoms with Gasteiger partial charge in [0.15, 0.2) is 0 Å². The zero-order valence-electron chi connectivity index (χ0n) is 13.0. The van der Waals surface area contributed by atoms with Gasteiger partial charge in [0.05, 0.1) is 5.69 Å². The summed E-state index contributed by atoms with van der Waals surface area (Å²) in [6, 6.07) is 0.506. The fourth-order valence-electron chi connectivity index (χ4n) is 2.58. The molecule has 0 unspecified atom stereocenters. The maximum Gasteiger partial charge on any atom is 0.131 e. The van der Waals surface area contributed by atoms with Crippen LogP contribution in [0.4, 0.5) is 5.82 Å². The summed E-state index contributed by atoms with van der Waals surface area (Å²) in [7, 11) is 2.07. The topological polar surface area (TPSA) is 33.1 Å². The molecule has 0 aromatic carbocycles. The van der Waals surface area contributed by atoms with E-state index < -0.39 is 0 Å². The molecule has 1 saturated carbocycles. The Balaban J connectivity index is 2.20. The van der Waals surface area contributed by atoms with Crippen molar-refractivity contribution in [2.45, 2.75) is 53.1 Å². The van der Waals surface area contributed by atoms with Gasteiger partial charge in [0, 0.05) is 38.3 Å². The van der Waals surface area contributed by atoms with Gasteiger partial charge >= 0.3 is 0 Å². The Morgan fingerprint density at radius 2 is 2.11 bits per heavy atom. The predicted molar refractivity (Wildman–Crippen MR) is 80.5 cm³/mol. The molecule has 0 radical (unpaired) electrons. The van der Waals surface area contributed by atoms with E-state index in [1.807, 2.05) is 0 Å². The van der Waals surface area contributed by atoms with Crippen molar-refractivity contribution in [2.24, 2.45) is 13.0 Å². The Labute approximate surface area is 117 Å². The number of nitrogens with one attached hydrogen (secondary N) is 1. The normalized spacial score (nSPS) is 15.3. The largest absolute Gasteiger partial charge is 0.357 e. The highest BCUT2D eigenvalue weighted by Gasteiger charge is 2.27. The fourth-order valence-corrected chi connectivity index (χ4v) is 2.58. The van der Waals surface area contributed by atoms with Crippen molar-refractivity contribution < 1.29 is 0 Å². The summed E-state index contributed by atoms with van der Waals surface area (Å²) in [4.78, 5) is 2.50. The first-order valence-corrected chi connectivity index (χ1v) is 7.53. The molecule has 0 aliphatic heterocycles. The van der Waals surface area contributed by atoms with Gasteiger partial charge in [0.2, 0.25) is 0 Å². The first kappa shape index (κ1) is 14.4. The molecule has 1 fully saturated rings. The average molecular weight is 264 g/mol. The van der Waals surface area contributed by atoms with Gasteiger partial charge in [-0.25, -0.2) is 0 Å². The van der Waals surface area contributed by atoms with Crippen LogP contribution in [0.3, 0.4) is 0 Å². The van der Waals surface area contributed by atoms with Crippen molar-refractivity contribution >= 4 is 5.82 Å². The van der Waals surface area contributed by atoms with Crippen LogP contribution in [0, 0.1) is 12.8 Å². The van der Waals surface area contributed by atoms with E-state index in [1.54, 1.807) is 0 Å². The molecular formula is C15H28N4. The highest BCUT2D eigenvalue weighted by molar-refractivity contribution is 5.50. The maximum atomic E-state index is 4.62. The third kappa shape index (κ3) is 3.50. The number of nitrogens with zero attached hydrogens (tertiary/aromatic N) is 3. The number of rotatable bonds is 7. The van der Waals surface area contributed by atoms with Crippen molar-refractivity contribution in [3.63, 3.8) is 0 Å². The number of aryl methyl sites for hydroxylation is 2. The molecule has 1 N–H and O–H groups in total. The second-order valence-electron chi connectivity index (χ2n) is 6.03. The van der Waals surface area contributed by atoms with E-state index >= 15 is 0 Å². The lowest BCUT2D eigenvalue weighted by molar-refractivity contribution is 0.585. The van der Waals surface area contributed by atoms with Gasteiger partial charge in [0.1, 0.15) is 5.82 Å². The molecule has 1 aromatic heterocycles. The molecule has 2 rings (SSSR count). The molecule has 4 heteroatoms. The number of hydrogen-bond donors (Lipinski definition) is 1. The summed E-state index contributed by atoms with van der Waals surface area (Å²) in [6.07, 6.45) is 2.79. The molecule has 108 valence electrons. The first-order valence-electron chi connectivity index (χ1n) is 7.53. The lowest BCUT2D eigenvalue weighted by Gasteiger charge is -2.25. The predicted octanol–water partition coefficient (Wildman–Crippen LogP) is 2.46. The van der Waals surface area contributed by atoms with Crippen molar-refractivity contribution in [3.05, 3.63) is 11.3 Å². The summed E-state index contributed by atoms with van der Waals surface area (Å²) in [5.74, 6) is 2.21. The first-order chi connectivity index (χ1) is 9.02. The zero-order chi connectivity index (χ0) is 14.0. The molecule has 1 aliphatic carbocycles. The summed E-state index contributed by atoms with van der Waals surface area (Å²) >= 11 is 0. The minimum absolute atomic E-state index is 0.506. The number of hydrogen-bond acceptors (Lipinski definition) is 3. The van der Waals surface area contributed by atoms with Crippen LogP contribution in [0.1, 0.15) is 44.9 Å². The van der Waals surface area contributed by atoms with Crippen LogP contribution in [-0.4, -0.2) is 28.9 Å². The van der Waals surface area contributed by atoms with E-state index in [9.17, 15) is 0 Å². The van der Waals surface area contributed by atoms with E-state index in [-0.39, 0.29) is 0 Å². The lowest BCUT2D eigenvalue weighted by atomic mass is 10.2. The Morgan fingerprint density at radius 1 is 1.42 bits per heavy atom. The molecule has 19 heavy (non-hydrogen) atoms. The van der Waals surface area contributed by atoms with E-state index in [0.29, 0.717) is 6.04 Å². The van der Waals surface area contributed by atoms with Crippen molar-refractivity contribution in [1.82, 2.24) is 15.1 Å². The molecule has 1 aromatic rings. The van der Waals surface area contributed by atoms with Crippen LogP contribution in [0.5, 0.6) is 0 Å². The standard InChI is InChI=1S/C15H28N4/c1-6-19(10-13-7-8-13)15-14(9-16-11(2)3)12(4)17-18(15)5/h11,13,16H,6-10H2,1-5H3. The van der Waals surface area contributed by atoms with Crippen LogP contribution in [-0.2, 0) is 13.6 Å². The molecule has 1 heterocycles. The van der Waals surface area contributed by atoms with Gasteiger partial charge in [-0.2, -0.15) is 5.10 Å². The van der Waals surface area contributed by atoms with Crippen LogP contribution in [0.2, 0.25) is 0 Å². The van der Waals surface area contributed by atoms with Gasteiger partial charge in [-0.15, -0.1) is 0 Å². The molecular weight excluding hydrogens is 236 g/mol. The quantitative estimate of drug-likeness (QED) is 0.821. The third-order valence-corrected chi connectivity index (χ3v) is 3.86. The highest BCUT2D eigenvalue weighted by Crippen LogP contribution is 2.32. The monoisotopic (exact) mass is 264 g/mol. The summed E-state index contributed by atoms with van der Waals surface area (Å²) < 4.78 is 2.05. The second kappa shape index (κ2) is 5.95. The smallest absolute Gasteiger partial charge is 0.131 e. The second-order valence-corrected chi connectivity index (χ2v) is 6.03. The van der Waals surface area contributed by atoms with Crippen LogP contribution in [0.25, 0.3) is 0 Å². The zero-order valence-corrected chi connectivity index (χ0v) is 13.0. The minimum Gasteiger partial charge on any atom is -0.357 e. The van der Waals surface area contributed by atoms with Gasteiger partial charge in [0.25, 0.3) is 0 Å². The van der Waals surface area contributed by atoms with Crippen LogP contribution >= 0.6 is 0 Å². The number of aromatic nitrogens is 2. The summed E-state index contributed by atoms with van der Waals surface area (Å²) in [5, 5.41) is 8.14. The van der Waals surface area contributed by atoms with Crippen molar-refractivity contribution in [3.8, 4) is 0 Å². The maximum absolute atomic E-state index is 4.62. The SMILES string of the molecule is CCN(CC1CC1)c1c(CNC(C)C)c(C)nn1C. The molecule has 4 nitrogen and oxygen atoms in total. The molecule has 1 aliphatic rings. The van der Waals surface area contributed by atoms with Crippen LogP contribution in [0.15, 0.2) is 0 Å². The van der Waals surface area contributed by atoms with E-state index in [4.69, 9.17) is 0 Å². The summed E-state index contributed by atoms with van der Waals surface area (Å²) in [6.45, 7) is 11.9. The Morgan fingerprint density at radius 3 is 2.63 bits per heavy atom. The molecule has 0 bridgehead atoms. The highest BCUT2D eigenvalue weighted by atomic mass is 15.4. The molecule has 0 amide bonds. The summed E-state index contributed by atoms with van der Waals surface area (Å²) in [5.41, 5.74) is 2.51. The molecule has 0 saturated heterocycles.